The molecule has 19 heavy (non-hydrogen) atoms. The van der Waals surface area contributed by atoms with Crippen LogP contribution in [0.1, 0.15) is 18.9 Å². The van der Waals surface area contributed by atoms with Crippen molar-refractivity contribution in [1.82, 2.24) is 5.32 Å². The normalized spacial score (nSPS) is 25.6. The average molecular weight is 285 g/mol. The molecular formula is C14H20FNO2S. The summed E-state index contributed by atoms with van der Waals surface area (Å²) in [5.41, 5.74) is 0.753. The largest absolute Gasteiger partial charge is 0.316 e. The number of hydrogen-bond acceptors (Lipinski definition) is 3. The SMILES string of the molecule is CCNCC1(Cc2ccc(F)cc2)CCS(=O)(=O)C1. The van der Waals surface area contributed by atoms with Crippen LogP contribution < -0.4 is 5.32 Å². The molecular weight excluding hydrogens is 265 g/mol. The fourth-order valence-corrected chi connectivity index (χ4v) is 4.92. The Morgan fingerprint density at radius 1 is 1.32 bits per heavy atom. The fourth-order valence-electron chi connectivity index (χ4n) is 2.75. The third kappa shape index (κ3) is 3.76. The molecule has 0 saturated carbocycles. The molecule has 1 unspecified atom stereocenters. The van der Waals surface area contributed by atoms with Gasteiger partial charge < -0.3 is 5.32 Å². The molecule has 0 spiro atoms. The van der Waals surface area contributed by atoms with E-state index in [9.17, 15) is 12.8 Å². The first-order chi connectivity index (χ1) is 8.95. The van der Waals surface area contributed by atoms with Crippen molar-refractivity contribution >= 4 is 9.84 Å². The molecule has 0 amide bonds. The van der Waals surface area contributed by atoms with Crippen LogP contribution in [-0.4, -0.2) is 33.0 Å². The first-order valence-electron chi connectivity index (χ1n) is 6.60. The first-order valence-corrected chi connectivity index (χ1v) is 8.42. The Hall–Kier alpha value is -0.940. The van der Waals surface area contributed by atoms with E-state index in [2.05, 4.69) is 5.32 Å². The lowest BCUT2D eigenvalue weighted by Gasteiger charge is -2.28. The van der Waals surface area contributed by atoms with Crippen molar-refractivity contribution in [3.8, 4) is 0 Å². The smallest absolute Gasteiger partial charge is 0.150 e. The minimum atomic E-state index is -2.93. The highest BCUT2D eigenvalue weighted by Crippen LogP contribution is 2.35. The van der Waals surface area contributed by atoms with Crippen molar-refractivity contribution in [2.24, 2.45) is 5.41 Å². The molecule has 0 aliphatic carbocycles. The lowest BCUT2D eigenvalue weighted by atomic mass is 9.81. The van der Waals surface area contributed by atoms with E-state index in [-0.39, 0.29) is 22.7 Å². The van der Waals surface area contributed by atoms with Crippen LogP contribution in [0.25, 0.3) is 0 Å². The van der Waals surface area contributed by atoms with Crippen molar-refractivity contribution in [3.63, 3.8) is 0 Å². The summed E-state index contributed by atoms with van der Waals surface area (Å²) in [5, 5.41) is 3.26. The maximum Gasteiger partial charge on any atom is 0.150 e. The molecule has 1 fully saturated rings. The van der Waals surface area contributed by atoms with Gasteiger partial charge in [-0.15, -0.1) is 0 Å². The van der Waals surface area contributed by atoms with Crippen LogP contribution in [-0.2, 0) is 16.3 Å². The van der Waals surface area contributed by atoms with E-state index in [4.69, 9.17) is 0 Å². The fraction of sp³-hybridized carbons (Fsp3) is 0.571. The summed E-state index contributed by atoms with van der Waals surface area (Å²) in [4.78, 5) is 0. The van der Waals surface area contributed by atoms with Crippen LogP contribution in [0.3, 0.4) is 0 Å². The van der Waals surface area contributed by atoms with Gasteiger partial charge in [-0.1, -0.05) is 19.1 Å². The molecule has 1 aliphatic rings. The Bertz CT molecular complexity index is 527. The maximum atomic E-state index is 12.9. The summed E-state index contributed by atoms with van der Waals surface area (Å²) < 4.78 is 36.4. The number of halogens is 1. The van der Waals surface area contributed by atoms with Gasteiger partial charge in [0.25, 0.3) is 0 Å². The van der Waals surface area contributed by atoms with Crippen molar-refractivity contribution in [2.45, 2.75) is 19.8 Å². The second-order valence-corrected chi connectivity index (χ2v) is 7.61. The molecule has 1 aromatic carbocycles. The van der Waals surface area contributed by atoms with E-state index in [1.165, 1.54) is 12.1 Å². The summed E-state index contributed by atoms with van der Waals surface area (Å²) in [6.45, 7) is 3.53. The van der Waals surface area contributed by atoms with Crippen LogP contribution in [0.4, 0.5) is 4.39 Å². The Morgan fingerprint density at radius 3 is 2.53 bits per heavy atom. The molecule has 1 heterocycles. The topological polar surface area (TPSA) is 46.2 Å². The van der Waals surface area contributed by atoms with Crippen LogP contribution in [0.15, 0.2) is 24.3 Å². The van der Waals surface area contributed by atoms with Gasteiger partial charge in [-0.2, -0.15) is 0 Å². The molecule has 1 saturated heterocycles. The zero-order valence-electron chi connectivity index (χ0n) is 11.2. The monoisotopic (exact) mass is 285 g/mol. The van der Waals surface area contributed by atoms with Crippen molar-refractivity contribution in [2.75, 3.05) is 24.6 Å². The highest BCUT2D eigenvalue weighted by molar-refractivity contribution is 7.91. The molecule has 0 bridgehead atoms. The third-order valence-electron chi connectivity index (χ3n) is 3.71. The Balaban J connectivity index is 2.17. The summed E-state index contributed by atoms with van der Waals surface area (Å²) in [6.07, 6.45) is 1.36. The molecule has 0 aromatic heterocycles. The summed E-state index contributed by atoms with van der Waals surface area (Å²) in [7, 11) is -2.93. The van der Waals surface area contributed by atoms with Gasteiger partial charge in [-0.05, 0) is 37.1 Å². The standard InChI is InChI=1S/C14H20FNO2S/c1-2-16-10-14(7-8-19(17,18)11-14)9-12-3-5-13(15)6-4-12/h3-6,16H,2,7-11H2,1H3. The van der Waals surface area contributed by atoms with Crippen LogP contribution in [0.5, 0.6) is 0 Å². The molecule has 1 aliphatic heterocycles. The Morgan fingerprint density at radius 2 is 2.00 bits per heavy atom. The van der Waals surface area contributed by atoms with Gasteiger partial charge in [0, 0.05) is 12.0 Å². The molecule has 2 rings (SSSR count). The van der Waals surface area contributed by atoms with Gasteiger partial charge in [0.15, 0.2) is 9.84 Å². The van der Waals surface area contributed by atoms with Crippen molar-refractivity contribution in [3.05, 3.63) is 35.6 Å². The molecule has 106 valence electrons. The lowest BCUT2D eigenvalue weighted by Crippen LogP contribution is -2.37. The minimum Gasteiger partial charge on any atom is -0.316 e. The van der Waals surface area contributed by atoms with Gasteiger partial charge in [0.2, 0.25) is 0 Å². The Kier molecular flexibility index (Phi) is 4.26. The van der Waals surface area contributed by atoms with Crippen LogP contribution in [0, 0.1) is 11.2 Å². The molecule has 1 aromatic rings. The molecule has 3 nitrogen and oxygen atoms in total. The predicted octanol–water partition coefficient (Wildman–Crippen LogP) is 1.78. The number of rotatable bonds is 5. The van der Waals surface area contributed by atoms with Gasteiger partial charge in [0.05, 0.1) is 11.5 Å². The number of nitrogens with one attached hydrogen (secondary N) is 1. The van der Waals surface area contributed by atoms with Gasteiger partial charge in [-0.25, -0.2) is 12.8 Å². The summed E-state index contributed by atoms with van der Waals surface area (Å²) >= 11 is 0. The summed E-state index contributed by atoms with van der Waals surface area (Å²) in [6, 6.07) is 6.35. The quantitative estimate of drug-likeness (QED) is 0.897. The first kappa shape index (κ1) is 14.5. The molecule has 1 N–H and O–H groups in total. The molecule has 1 atom stereocenters. The van der Waals surface area contributed by atoms with E-state index >= 15 is 0 Å². The van der Waals surface area contributed by atoms with Gasteiger partial charge >= 0.3 is 0 Å². The van der Waals surface area contributed by atoms with Gasteiger partial charge in [0.1, 0.15) is 5.82 Å². The van der Waals surface area contributed by atoms with E-state index < -0.39 is 9.84 Å². The van der Waals surface area contributed by atoms with E-state index in [1.54, 1.807) is 12.1 Å². The van der Waals surface area contributed by atoms with Crippen molar-refractivity contribution in [1.29, 1.82) is 0 Å². The third-order valence-corrected chi connectivity index (χ3v) is 5.59. The highest BCUT2D eigenvalue weighted by atomic mass is 32.2. The zero-order chi connectivity index (χ0) is 13.9. The zero-order valence-corrected chi connectivity index (χ0v) is 12.0. The number of hydrogen-bond donors (Lipinski definition) is 1. The van der Waals surface area contributed by atoms with E-state index in [0.717, 1.165) is 12.1 Å². The summed E-state index contributed by atoms with van der Waals surface area (Å²) in [5.74, 6) is 0.229. The van der Waals surface area contributed by atoms with Crippen molar-refractivity contribution < 1.29 is 12.8 Å². The van der Waals surface area contributed by atoms with Crippen LogP contribution >= 0.6 is 0 Å². The highest BCUT2D eigenvalue weighted by Gasteiger charge is 2.41. The lowest BCUT2D eigenvalue weighted by molar-refractivity contribution is 0.314. The predicted molar refractivity (Wildman–Crippen MR) is 74.4 cm³/mol. The van der Waals surface area contributed by atoms with Gasteiger partial charge in [-0.3, -0.25) is 0 Å². The second-order valence-electron chi connectivity index (χ2n) is 5.43. The minimum absolute atomic E-state index is 0.227. The van der Waals surface area contributed by atoms with Crippen LogP contribution in [0.2, 0.25) is 0 Å². The number of sulfone groups is 1. The molecule has 5 heteroatoms. The van der Waals surface area contributed by atoms with E-state index in [1.807, 2.05) is 6.92 Å². The average Bonchev–Trinajstić information content (AvgIpc) is 2.66. The molecule has 0 radical (unpaired) electrons. The second kappa shape index (κ2) is 5.59. The maximum absolute atomic E-state index is 12.9. The Labute approximate surface area is 114 Å². The number of benzene rings is 1. The van der Waals surface area contributed by atoms with E-state index in [0.29, 0.717) is 19.4 Å².